The van der Waals surface area contributed by atoms with Crippen molar-refractivity contribution in [2.75, 3.05) is 38.5 Å². The fraction of sp³-hybridized carbons (Fsp3) is 0.520. The Bertz CT molecular complexity index is 859. The first-order valence-corrected chi connectivity index (χ1v) is 10.8. The summed E-state index contributed by atoms with van der Waals surface area (Å²) in [6.07, 6.45) is 0.947. The van der Waals surface area contributed by atoms with Crippen LogP contribution in [0.4, 0.5) is 5.69 Å². The summed E-state index contributed by atoms with van der Waals surface area (Å²) in [5.74, 6) is 1.08. The van der Waals surface area contributed by atoms with E-state index < -0.39 is 0 Å². The fourth-order valence-electron chi connectivity index (χ4n) is 4.84. The molecular formula is C25H35N3O. The third kappa shape index (κ3) is 4.01. The molecule has 156 valence electrons. The molecule has 0 saturated carbocycles. The second-order valence-electron chi connectivity index (χ2n) is 9.36. The van der Waals surface area contributed by atoms with Crippen molar-refractivity contribution in [1.82, 2.24) is 9.80 Å². The molecule has 2 aromatic carbocycles. The maximum absolute atomic E-state index is 6.57. The maximum atomic E-state index is 6.57. The summed E-state index contributed by atoms with van der Waals surface area (Å²) < 4.78 is 6.57. The average molecular weight is 394 g/mol. The summed E-state index contributed by atoms with van der Waals surface area (Å²) in [5.41, 5.74) is 14.7. The van der Waals surface area contributed by atoms with E-state index in [9.17, 15) is 0 Å². The topological polar surface area (TPSA) is 41.7 Å². The van der Waals surface area contributed by atoms with E-state index in [-0.39, 0.29) is 5.60 Å². The van der Waals surface area contributed by atoms with Gasteiger partial charge < -0.3 is 10.5 Å². The molecule has 0 aromatic heterocycles. The van der Waals surface area contributed by atoms with Gasteiger partial charge in [0, 0.05) is 56.9 Å². The van der Waals surface area contributed by atoms with Crippen LogP contribution in [0, 0.1) is 27.7 Å². The van der Waals surface area contributed by atoms with Crippen molar-refractivity contribution < 1.29 is 4.74 Å². The second kappa shape index (κ2) is 7.66. The van der Waals surface area contributed by atoms with Crippen LogP contribution >= 0.6 is 0 Å². The third-order valence-corrected chi connectivity index (χ3v) is 6.89. The molecule has 2 aliphatic heterocycles. The highest BCUT2D eigenvalue weighted by molar-refractivity contribution is 5.66. The Kier molecular flexibility index (Phi) is 5.34. The van der Waals surface area contributed by atoms with Gasteiger partial charge in [0.1, 0.15) is 11.4 Å². The van der Waals surface area contributed by atoms with E-state index in [1.54, 1.807) is 0 Å². The van der Waals surface area contributed by atoms with Crippen LogP contribution in [0.3, 0.4) is 0 Å². The Labute approximate surface area is 175 Å². The number of nitrogens with zero attached hydrogens (tertiary/aromatic N) is 2. The van der Waals surface area contributed by atoms with Crippen molar-refractivity contribution in [3.05, 3.63) is 57.6 Å². The van der Waals surface area contributed by atoms with Crippen molar-refractivity contribution in [3.63, 3.8) is 0 Å². The number of anilines is 1. The summed E-state index contributed by atoms with van der Waals surface area (Å²) in [6.45, 7) is 17.2. The number of nitrogens with two attached hydrogens (primary N) is 1. The number of piperazine rings is 1. The molecule has 4 heteroatoms. The van der Waals surface area contributed by atoms with Gasteiger partial charge in [-0.1, -0.05) is 29.8 Å². The lowest BCUT2D eigenvalue weighted by Crippen LogP contribution is -2.52. The van der Waals surface area contributed by atoms with Crippen LogP contribution in [-0.4, -0.2) is 48.1 Å². The Morgan fingerprint density at radius 1 is 0.897 bits per heavy atom. The number of aryl methyl sites for hydroxylation is 1. The molecular weight excluding hydrogens is 358 g/mol. The van der Waals surface area contributed by atoms with Gasteiger partial charge in [-0.3, -0.25) is 9.80 Å². The molecule has 1 atom stereocenters. The molecule has 4 nitrogen and oxygen atoms in total. The first-order chi connectivity index (χ1) is 13.8. The maximum Gasteiger partial charge on any atom is 0.127 e. The molecule has 2 heterocycles. The monoisotopic (exact) mass is 393 g/mol. The van der Waals surface area contributed by atoms with Crippen LogP contribution in [0.5, 0.6) is 5.75 Å². The smallest absolute Gasteiger partial charge is 0.127 e. The largest absolute Gasteiger partial charge is 0.485 e. The number of rotatable bonds is 4. The van der Waals surface area contributed by atoms with Gasteiger partial charge in [0.15, 0.2) is 0 Å². The Balaban J connectivity index is 1.36. The van der Waals surface area contributed by atoms with Crippen LogP contribution in [0.2, 0.25) is 0 Å². The van der Waals surface area contributed by atoms with Crippen LogP contribution in [0.25, 0.3) is 0 Å². The predicted octanol–water partition coefficient (Wildman–Crippen LogP) is 4.01. The van der Waals surface area contributed by atoms with Crippen molar-refractivity contribution in [2.24, 2.45) is 0 Å². The van der Waals surface area contributed by atoms with Gasteiger partial charge in [-0.2, -0.15) is 0 Å². The molecule has 0 aliphatic carbocycles. The molecule has 2 aromatic rings. The lowest BCUT2D eigenvalue weighted by molar-refractivity contribution is 0.0364. The fourth-order valence-corrected chi connectivity index (χ4v) is 4.84. The second-order valence-corrected chi connectivity index (χ2v) is 9.36. The first kappa shape index (κ1) is 20.2. The summed E-state index contributed by atoms with van der Waals surface area (Å²) in [6, 6.07) is 8.93. The molecule has 0 bridgehead atoms. The van der Waals surface area contributed by atoms with E-state index in [1.807, 2.05) is 0 Å². The summed E-state index contributed by atoms with van der Waals surface area (Å²) in [4.78, 5) is 5.13. The summed E-state index contributed by atoms with van der Waals surface area (Å²) in [5, 5.41) is 0. The SMILES string of the molecule is Cc1ccc(CN2CCN(CC3(C)Cc4c(C)c(N)c(C)c(C)c4O3)CC2)cc1. The minimum atomic E-state index is -0.169. The molecule has 1 fully saturated rings. The number of benzene rings is 2. The number of hydrogen-bond donors (Lipinski definition) is 1. The molecule has 1 unspecified atom stereocenters. The third-order valence-electron chi connectivity index (χ3n) is 6.89. The van der Waals surface area contributed by atoms with Crippen molar-refractivity contribution in [2.45, 2.75) is 53.2 Å². The normalized spacial score (nSPS) is 22.5. The van der Waals surface area contributed by atoms with Crippen LogP contribution in [0.15, 0.2) is 24.3 Å². The number of ether oxygens (including phenoxy) is 1. The molecule has 2 N–H and O–H groups in total. The van der Waals surface area contributed by atoms with E-state index in [1.165, 1.54) is 27.8 Å². The van der Waals surface area contributed by atoms with Gasteiger partial charge >= 0.3 is 0 Å². The van der Waals surface area contributed by atoms with E-state index in [0.717, 1.165) is 62.7 Å². The Morgan fingerprint density at radius 3 is 2.17 bits per heavy atom. The van der Waals surface area contributed by atoms with Gasteiger partial charge in [0.05, 0.1) is 0 Å². The van der Waals surface area contributed by atoms with Gasteiger partial charge in [0.25, 0.3) is 0 Å². The lowest BCUT2D eigenvalue weighted by atomic mass is 9.91. The lowest BCUT2D eigenvalue weighted by Gasteiger charge is -2.38. The van der Waals surface area contributed by atoms with Crippen molar-refractivity contribution in [1.29, 1.82) is 0 Å². The molecule has 1 saturated heterocycles. The zero-order chi connectivity index (χ0) is 20.8. The highest BCUT2D eigenvalue weighted by Gasteiger charge is 2.39. The average Bonchev–Trinajstić information content (AvgIpc) is 3.06. The molecule has 29 heavy (non-hydrogen) atoms. The first-order valence-electron chi connectivity index (χ1n) is 10.8. The molecule has 0 spiro atoms. The zero-order valence-electron chi connectivity index (χ0n) is 18.6. The molecule has 0 amide bonds. The highest BCUT2D eigenvalue weighted by Crippen LogP contribution is 2.43. The number of nitrogen functional groups attached to an aromatic ring is 1. The standard InChI is InChI=1S/C25H35N3O/c1-17-6-8-21(9-7-17)15-27-10-12-28(13-11-27)16-25(5)14-22-20(4)23(26)18(2)19(3)24(22)29-25/h6-9H,10-16,26H2,1-5H3. The van der Waals surface area contributed by atoms with Gasteiger partial charge in [0.2, 0.25) is 0 Å². The number of fused-ring (bicyclic) bond motifs is 1. The summed E-state index contributed by atoms with van der Waals surface area (Å²) in [7, 11) is 0. The van der Waals surface area contributed by atoms with Crippen molar-refractivity contribution >= 4 is 5.69 Å². The van der Waals surface area contributed by atoms with Crippen LogP contribution < -0.4 is 10.5 Å². The highest BCUT2D eigenvalue weighted by atomic mass is 16.5. The predicted molar refractivity (Wildman–Crippen MR) is 121 cm³/mol. The van der Waals surface area contributed by atoms with E-state index in [2.05, 4.69) is 68.7 Å². The molecule has 0 radical (unpaired) electrons. The van der Waals surface area contributed by atoms with E-state index in [0.29, 0.717) is 0 Å². The Hall–Kier alpha value is -2.04. The van der Waals surface area contributed by atoms with Gasteiger partial charge in [-0.25, -0.2) is 0 Å². The van der Waals surface area contributed by atoms with E-state index in [4.69, 9.17) is 10.5 Å². The van der Waals surface area contributed by atoms with Gasteiger partial charge in [-0.15, -0.1) is 0 Å². The van der Waals surface area contributed by atoms with Crippen LogP contribution in [-0.2, 0) is 13.0 Å². The Morgan fingerprint density at radius 2 is 1.52 bits per heavy atom. The minimum absolute atomic E-state index is 0.169. The van der Waals surface area contributed by atoms with Crippen LogP contribution in [0.1, 0.15) is 40.3 Å². The molecule has 2 aliphatic rings. The van der Waals surface area contributed by atoms with E-state index >= 15 is 0 Å². The quantitative estimate of drug-likeness (QED) is 0.797. The number of hydrogen-bond acceptors (Lipinski definition) is 4. The van der Waals surface area contributed by atoms with Gasteiger partial charge in [-0.05, 0) is 56.9 Å². The minimum Gasteiger partial charge on any atom is -0.485 e. The zero-order valence-corrected chi connectivity index (χ0v) is 18.6. The molecule has 4 rings (SSSR count). The summed E-state index contributed by atoms with van der Waals surface area (Å²) >= 11 is 0. The van der Waals surface area contributed by atoms with Crippen molar-refractivity contribution in [3.8, 4) is 5.75 Å².